The Labute approximate surface area is 138 Å². The molecule has 116 valence electrons. The maximum absolute atomic E-state index is 12.0. The topological polar surface area (TPSA) is 49.6 Å². The molecule has 1 N–H and O–H groups in total. The van der Waals surface area contributed by atoms with E-state index < -0.39 is 0 Å². The van der Waals surface area contributed by atoms with Gasteiger partial charge < -0.3 is 14.8 Å². The van der Waals surface area contributed by atoms with Crippen LogP contribution in [0.5, 0.6) is 0 Å². The smallest absolute Gasteiger partial charge is 0.244 e. The number of benzene rings is 1. The first kappa shape index (κ1) is 14.1. The number of nitrogens with zero attached hydrogens (tertiary/aromatic N) is 3. The Bertz CT molecular complexity index is 777. The Morgan fingerprint density at radius 3 is 2.78 bits per heavy atom. The normalized spacial score (nSPS) is 16.1. The molecule has 6 heteroatoms. The summed E-state index contributed by atoms with van der Waals surface area (Å²) in [5.74, 6) is -0.0291. The summed E-state index contributed by atoms with van der Waals surface area (Å²) in [6.45, 7) is 2.14. The standard InChI is InChI=1S/C17H16N4OS/c22-16(11-20-8-1-2-9-20)19-14-5-3-13(4-6-14)15-12-23-17-18-7-10-21(15)17/h1-6,8-9,12H,7,10-11H2,(H,19,22). The highest BCUT2D eigenvalue weighted by molar-refractivity contribution is 8.16. The molecule has 5 nitrogen and oxygen atoms in total. The van der Waals surface area contributed by atoms with Crippen LogP contribution in [0.15, 0.2) is 59.2 Å². The molecular formula is C17H16N4OS. The summed E-state index contributed by atoms with van der Waals surface area (Å²) in [7, 11) is 0. The highest BCUT2D eigenvalue weighted by Gasteiger charge is 2.26. The van der Waals surface area contributed by atoms with Crippen LogP contribution in [0.4, 0.5) is 5.69 Å². The minimum Gasteiger partial charge on any atom is -0.345 e. The number of amides is 1. The first-order chi connectivity index (χ1) is 11.3. The number of thioether (sulfide) groups is 1. The van der Waals surface area contributed by atoms with Crippen LogP contribution in [-0.4, -0.2) is 33.6 Å². The third kappa shape index (κ3) is 2.90. The Kier molecular flexibility index (Phi) is 3.67. The molecule has 0 spiro atoms. The number of carbonyl (C=O) groups is 1. The molecule has 0 aliphatic carbocycles. The van der Waals surface area contributed by atoms with Gasteiger partial charge in [-0.05, 0) is 29.8 Å². The second kappa shape index (κ2) is 5.96. The van der Waals surface area contributed by atoms with Crippen LogP contribution in [0.1, 0.15) is 5.56 Å². The zero-order valence-corrected chi connectivity index (χ0v) is 13.3. The van der Waals surface area contributed by atoms with Gasteiger partial charge in [-0.2, -0.15) is 0 Å². The van der Waals surface area contributed by atoms with E-state index in [-0.39, 0.29) is 5.91 Å². The van der Waals surface area contributed by atoms with Crippen molar-refractivity contribution in [2.75, 3.05) is 18.4 Å². The average molecular weight is 324 g/mol. The first-order valence-electron chi connectivity index (χ1n) is 7.49. The summed E-state index contributed by atoms with van der Waals surface area (Å²) >= 11 is 1.67. The molecule has 0 saturated heterocycles. The van der Waals surface area contributed by atoms with Crippen LogP contribution in [0, 0.1) is 0 Å². The van der Waals surface area contributed by atoms with E-state index in [0.29, 0.717) is 6.54 Å². The van der Waals surface area contributed by atoms with E-state index in [1.807, 2.05) is 53.4 Å². The number of rotatable bonds is 4. The molecule has 0 bridgehead atoms. The Hall–Kier alpha value is -2.47. The molecule has 23 heavy (non-hydrogen) atoms. The third-order valence-electron chi connectivity index (χ3n) is 3.83. The third-order valence-corrected chi connectivity index (χ3v) is 4.73. The molecular weight excluding hydrogens is 308 g/mol. The molecule has 1 aromatic heterocycles. The number of hydrogen-bond donors (Lipinski definition) is 1. The van der Waals surface area contributed by atoms with Gasteiger partial charge >= 0.3 is 0 Å². The quantitative estimate of drug-likeness (QED) is 0.941. The lowest BCUT2D eigenvalue weighted by Gasteiger charge is -2.17. The van der Waals surface area contributed by atoms with Crippen LogP contribution in [0.3, 0.4) is 0 Å². The van der Waals surface area contributed by atoms with Crippen molar-refractivity contribution in [3.63, 3.8) is 0 Å². The van der Waals surface area contributed by atoms with Gasteiger partial charge in [0.1, 0.15) is 6.54 Å². The van der Waals surface area contributed by atoms with Crippen molar-refractivity contribution < 1.29 is 4.79 Å². The molecule has 1 amide bonds. The average Bonchev–Trinajstić information content (AvgIpc) is 3.25. The van der Waals surface area contributed by atoms with Crippen molar-refractivity contribution >= 4 is 34.2 Å². The first-order valence-corrected chi connectivity index (χ1v) is 8.37. The molecule has 0 saturated carbocycles. The van der Waals surface area contributed by atoms with Crippen LogP contribution >= 0.6 is 11.8 Å². The zero-order chi connectivity index (χ0) is 15.6. The number of amidine groups is 1. The molecule has 4 rings (SSSR count). The van der Waals surface area contributed by atoms with Crippen LogP contribution in [-0.2, 0) is 11.3 Å². The van der Waals surface area contributed by atoms with Crippen molar-refractivity contribution in [2.24, 2.45) is 4.99 Å². The predicted octanol–water partition coefficient (Wildman–Crippen LogP) is 2.84. The number of fused-ring (bicyclic) bond motifs is 1. The van der Waals surface area contributed by atoms with E-state index >= 15 is 0 Å². The summed E-state index contributed by atoms with van der Waals surface area (Å²) < 4.78 is 1.85. The number of anilines is 1. The molecule has 0 atom stereocenters. The van der Waals surface area contributed by atoms with E-state index in [9.17, 15) is 4.79 Å². The van der Waals surface area contributed by atoms with E-state index in [0.717, 1.165) is 29.5 Å². The van der Waals surface area contributed by atoms with Gasteiger partial charge in [0.05, 0.1) is 12.2 Å². The Morgan fingerprint density at radius 2 is 2.00 bits per heavy atom. The minimum atomic E-state index is -0.0291. The molecule has 3 heterocycles. The zero-order valence-electron chi connectivity index (χ0n) is 12.5. The van der Waals surface area contributed by atoms with E-state index in [2.05, 4.69) is 20.6 Å². The van der Waals surface area contributed by atoms with Crippen LogP contribution in [0.2, 0.25) is 0 Å². The van der Waals surface area contributed by atoms with Gasteiger partial charge in [-0.25, -0.2) is 0 Å². The number of hydrogen-bond acceptors (Lipinski definition) is 4. The lowest BCUT2D eigenvalue weighted by atomic mass is 10.1. The highest BCUT2D eigenvalue weighted by atomic mass is 32.2. The number of aromatic nitrogens is 1. The van der Waals surface area contributed by atoms with Gasteiger partial charge in [0.25, 0.3) is 0 Å². The van der Waals surface area contributed by atoms with Crippen molar-refractivity contribution in [3.8, 4) is 0 Å². The highest BCUT2D eigenvalue weighted by Crippen LogP contribution is 2.35. The largest absolute Gasteiger partial charge is 0.345 e. The van der Waals surface area contributed by atoms with Gasteiger partial charge in [0, 0.05) is 30.0 Å². The number of aliphatic imine (C=N–C) groups is 1. The van der Waals surface area contributed by atoms with Crippen molar-refractivity contribution in [1.82, 2.24) is 9.47 Å². The number of carbonyl (C=O) groups excluding carboxylic acids is 1. The summed E-state index contributed by atoms with van der Waals surface area (Å²) in [6, 6.07) is 11.8. The fourth-order valence-corrected chi connectivity index (χ4v) is 3.68. The van der Waals surface area contributed by atoms with E-state index in [1.165, 1.54) is 5.70 Å². The summed E-state index contributed by atoms with van der Waals surface area (Å²) in [6.07, 6.45) is 3.75. The maximum atomic E-state index is 12.0. The molecule has 1 aromatic carbocycles. The summed E-state index contributed by atoms with van der Waals surface area (Å²) in [5.41, 5.74) is 3.15. The van der Waals surface area contributed by atoms with Gasteiger partial charge in [-0.3, -0.25) is 9.79 Å². The fraction of sp³-hybridized carbons (Fsp3) is 0.176. The SMILES string of the molecule is O=C(Cn1cccc1)Nc1ccc(C2=CSC3=NCCN23)cc1. The second-order valence-corrected chi connectivity index (χ2v) is 6.25. The van der Waals surface area contributed by atoms with Gasteiger partial charge in [-0.15, -0.1) is 0 Å². The van der Waals surface area contributed by atoms with Gasteiger partial charge in [-0.1, -0.05) is 23.9 Å². The Morgan fingerprint density at radius 1 is 1.22 bits per heavy atom. The van der Waals surface area contributed by atoms with Crippen molar-refractivity contribution in [1.29, 1.82) is 0 Å². The molecule has 0 radical (unpaired) electrons. The lowest BCUT2D eigenvalue weighted by molar-refractivity contribution is -0.116. The van der Waals surface area contributed by atoms with E-state index in [4.69, 9.17) is 0 Å². The minimum absolute atomic E-state index is 0.0291. The molecule has 2 aromatic rings. The molecule has 0 fully saturated rings. The van der Waals surface area contributed by atoms with Crippen LogP contribution < -0.4 is 5.32 Å². The maximum Gasteiger partial charge on any atom is 0.244 e. The summed E-state index contributed by atoms with van der Waals surface area (Å²) in [4.78, 5) is 18.7. The number of nitrogens with one attached hydrogen (secondary N) is 1. The monoisotopic (exact) mass is 324 g/mol. The van der Waals surface area contributed by atoms with Crippen molar-refractivity contribution in [2.45, 2.75) is 6.54 Å². The Balaban J connectivity index is 1.42. The predicted molar refractivity (Wildman–Crippen MR) is 94.1 cm³/mol. The molecule has 2 aliphatic heterocycles. The molecule has 0 unspecified atom stereocenters. The van der Waals surface area contributed by atoms with Gasteiger partial charge in [0.2, 0.25) is 5.91 Å². The lowest BCUT2D eigenvalue weighted by Crippen LogP contribution is -2.20. The van der Waals surface area contributed by atoms with Gasteiger partial charge in [0.15, 0.2) is 5.17 Å². The van der Waals surface area contributed by atoms with E-state index in [1.54, 1.807) is 11.8 Å². The van der Waals surface area contributed by atoms with Crippen LogP contribution in [0.25, 0.3) is 5.70 Å². The van der Waals surface area contributed by atoms with Crippen molar-refractivity contribution in [3.05, 3.63) is 59.8 Å². The molecule has 2 aliphatic rings. The second-order valence-electron chi connectivity index (χ2n) is 5.42. The summed E-state index contributed by atoms with van der Waals surface area (Å²) in [5, 5.41) is 6.15. The fourth-order valence-electron chi connectivity index (χ4n) is 2.71.